The molecule has 19 heavy (non-hydrogen) atoms. The normalized spacial score (nSPS) is 15.7. The lowest BCUT2D eigenvalue weighted by Crippen LogP contribution is -2.44. The Bertz CT molecular complexity index is 515. The van der Waals surface area contributed by atoms with Crippen LogP contribution in [-0.4, -0.2) is 34.8 Å². The number of carbonyl (C=O) groups excluding carboxylic acids is 3. The van der Waals surface area contributed by atoms with Crippen LogP contribution in [0.25, 0.3) is 0 Å². The van der Waals surface area contributed by atoms with Gasteiger partial charge in [-0.15, -0.1) is 0 Å². The molecule has 0 saturated carbocycles. The number of rotatable bonds is 3. The number of ether oxygens (including phenoxy) is 1. The van der Waals surface area contributed by atoms with E-state index in [0.29, 0.717) is 11.1 Å². The first-order valence-electron chi connectivity index (χ1n) is 6.11. The first-order valence-corrected chi connectivity index (χ1v) is 6.11. The third-order valence-electron chi connectivity index (χ3n) is 2.91. The lowest BCUT2D eigenvalue weighted by Gasteiger charge is -2.21. The number of hydrogen-bond donors (Lipinski definition) is 0. The molecule has 1 aliphatic heterocycles. The van der Waals surface area contributed by atoms with Gasteiger partial charge in [0.05, 0.1) is 17.2 Å². The Balaban J connectivity index is 2.27. The molecule has 1 unspecified atom stereocenters. The molecular weight excluding hydrogens is 246 g/mol. The lowest BCUT2D eigenvalue weighted by atomic mass is 10.1. The van der Waals surface area contributed by atoms with E-state index in [2.05, 4.69) is 0 Å². The van der Waals surface area contributed by atoms with Gasteiger partial charge in [0, 0.05) is 0 Å². The van der Waals surface area contributed by atoms with E-state index in [-0.39, 0.29) is 6.10 Å². The molecule has 2 amide bonds. The smallest absolute Gasteiger partial charge is 0.329 e. The van der Waals surface area contributed by atoms with Crippen molar-refractivity contribution in [3.63, 3.8) is 0 Å². The van der Waals surface area contributed by atoms with Crippen LogP contribution in [0.3, 0.4) is 0 Å². The predicted molar refractivity (Wildman–Crippen MR) is 67.6 cm³/mol. The van der Waals surface area contributed by atoms with Crippen LogP contribution in [0.15, 0.2) is 24.3 Å². The van der Waals surface area contributed by atoms with E-state index in [9.17, 15) is 14.4 Å². The Hall–Kier alpha value is -2.17. The summed E-state index contributed by atoms with van der Waals surface area (Å²) >= 11 is 0. The summed E-state index contributed by atoms with van der Waals surface area (Å²) in [6.45, 7) is 4.92. The third kappa shape index (κ3) is 2.23. The van der Waals surface area contributed by atoms with Gasteiger partial charge < -0.3 is 4.74 Å². The van der Waals surface area contributed by atoms with Gasteiger partial charge in [-0.3, -0.25) is 14.5 Å². The maximum absolute atomic E-state index is 12.1. The summed E-state index contributed by atoms with van der Waals surface area (Å²) in [5.41, 5.74) is 0.661. The number of carbonyl (C=O) groups is 3. The minimum atomic E-state index is -0.921. The van der Waals surface area contributed by atoms with Gasteiger partial charge >= 0.3 is 5.97 Å². The van der Waals surface area contributed by atoms with E-state index in [4.69, 9.17) is 4.74 Å². The monoisotopic (exact) mass is 261 g/mol. The highest BCUT2D eigenvalue weighted by Gasteiger charge is 2.41. The molecule has 100 valence electrons. The van der Waals surface area contributed by atoms with E-state index in [1.165, 1.54) is 6.92 Å². The molecule has 0 aliphatic carbocycles. The van der Waals surface area contributed by atoms with Crippen LogP contribution in [0, 0.1) is 0 Å². The Labute approximate surface area is 111 Å². The van der Waals surface area contributed by atoms with Crippen molar-refractivity contribution in [1.82, 2.24) is 4.90 Å². The van der Waals surface area contributed by atoms with Crippen LogP contribution in [0.1, 0.15) is 41.5 Å². The summed E-state index contributed by atoms with van der Waals surface area (Å²) in [6.07, 6.45) is -0.287. The molecule has 0 bridgehead atoms. The van der Waals surface area contributed by atoms with Crippen LogP contribution in [0.2, 0.25) is 0 Å². The summed E-state index contributed by atoms with van der Waals surface area (Å²) in [4.78, 5) is 37.0. The zero-order valence-corrected chi connectivity index (χ0v) is 11.0. The second-order valence-electron chi connectivity index (χ2n) is 4.69. The highest BCUT2D eigenvalue weighted by Crippen LogP contribution is 2.24. The number of fused-ring (bicyclic) bond motifs is 1. The zero-order chi connectivity index (χ0) is 14.2. The highest BCUT2D eigenvalue weighted by molar-refractivity contribution is 6.22. The fourth-order valence-electron chi connectivity index (χ4n) is 2.00. The van der Waals surface area contributed by atoms with E-state index in [0.717, 1.165) is 4.90 Å². The molecular formula is C14H15NO4. The van der Waals surface area contributed by atoms with Crippen molar-refractivity contribution in [2.45, 2.75) is 32.9 Å². The number of nitrogens with zero attached hydrogens (tertiary/aromatic N) is 1. The number of esters is 1. The number of imide groups is 1. The minimum Gasteiger partial charge on any atom is -0.461 e. The Morgan fingerprint density at radius 2 is 1.53 bits per heavy atom. The maximum atomic E-state index is 12.1. The van der Waals surface area contributed by atoms with Gasteiger partial charge in [0.1, 0.15) is 6.04 Å². The predicted octanol–water partition coefficient (Wildman–Crippen LogP) is 1.62. The Kier molecular flexibility index (Phi) is 3.38. The summed E-state index contributed by atoms with van der Waals surface area (Å²) in [5, 5.41) is 0. The average molecular weight is 261 g/mol. The van der Waals surface area contributed by atoms with E-state index in [1.54, 1.807) is 38.1 Å². The van der Waals surface area contributed by atoms with E-state index >= 15 is 0 Å². The van der Waals surface area contributed by atoms with Crippen molar-refractivity contribution in [1.29, 1.82) is 0 Å². The molecule has 1 atom stereocenters. The molecule has 1 heterocycles. The van der Waals surface area contributed by atoms with E-state index < -0.39 is 23.8 Å². The maximum Gasteiger partial charge on any atom is 0.329 e. The number of amides is 2. The van der Waals surface area contributed by atoms with Crippen LogP contribution in [-0.2, 0) is 9.53 Å². The molecule has 0 N–H and O–H groups in total. The summed E-state index contributed by atoms with van der Waals surface area (Å²) < 4.78 is 5.03. The summed E-state index contributed by atoms with van der Waals surface area (Å²) in [5.74, 6) is -1.48. The quantitative estimate of drug-likeness (QED) is 0.612. The Morgan fingerprint density at radius 1 is 1.05 bits per heavy atom. The van der Waals surface area contributed by atoms with Crippen molar-refractivity contribution in [3.8, 4) is 0 Å². The Morgan fingerprint density at radius 3 is 1.95 bits per heavy atom. The summed E-state index contributed by atoms with van der Waals surface area (Å²) in [7, 11) is 0. The van der Waals surface area contributed by atoms with Gasteiger partial charge in [-0.05, 0) is 32.9 Å². The standard InChI is InChI=1S/C14H15NO4/c1-8(2)19-14(18)9(3)15-12(16)10-6-4-5-7-11(10)13(15)17/h4-9H,1-3H3. The van der Waals surface area contributed by atoms with Crippen molar-refractivity contribution in [3.05, 3.63) is 35.4 Å². The van der Waals surface area contributed by atoms with Crippen molar-refractivity contribution in [2.24, 2.45) is 0 Å². The number of hydrogen-bond acceptors (Lipinski definition) is 4. The molecule has 1 aromatic carbocycles. The molecule has 0 fully saturated rings. The molecule has 2 rings (SSSR count). The SMILES string of the molecule is CC(C)OC(=O)C(C)N1C(=O)c2ccccc2C1=O. The molecule has 0 radical (unpaired) electrons. The van der Waals surface area contributed by atoms with E-state index in [1.807, 2.05) is 0 Å². The largest absolute Gasteiger partial charge is 0.461 e. The van der Waals surface area contributed by atoms with Gasteiger partial charge in [0.2, 0.25) is 0 Å². The van der Waals surface area contributed by atoms with Crippen LogP contribution in [0.5, 0.6) is 0 Å². The van der Waals surface area contributed by atoms with Crippen molar-refractivity contribution < 1.29 is 19.1 Å². The van der Waals surface area contributed by atoms with Gasteiger partial charge in [-0.1, -0.05) is 12.1 Å². The molecule has 5 nitrogen and oxygen atoms in total. The van der Waals surface area contributed by atoms with Gasteiger partial charge in [0.15, 0.2) is 0 Å². The van der Waals surface area contributed by atoms with Crippen molar-refractivity contribution >= 4 is 17.8 Å². The van der Waals surface area contributed by atoms with Gasteiger partial charge in [-0.25, -0.2) is 4.79 Å². The average Bonchev–Trinajstić information content (AvgIpc) is 2.61. The minimum absolute atomic E-state index is 0.287. The van der Waals surface area contributed by atoms with Crippen LogP contribution < -0.4 is 0 Å². The first-order chi connectivity index (χ1) is 8.93. The lowest BCUT2D eigenvalue weighted by molar-refractivity contribution is -0.151. The van der Waals surface area contributed by atoms with Gasteiger partial charge in [-0.2, -0.15) is 0 Å². The number of benzene rings is 1. The molecule has 1 aliphatic rings. The third-order valence-corrected chi connectivity index (χ3v) is 2.91. The van der Waals surface area contributed by atoms with Crippen LogP contribution >= 0.6 is 0 Å². The first kappa shape index (κ1) is 13.3. The van der Waals surface area contributed by atoms with Gasteiger partial charge in [0.25, 0.3) is 11.8 Å². The molecule has 0 aromatic heterocycles. The zero-order valence-electron chi connectivity index (χ0n) is 11.0. The van der Waals surface area contributed by atoms with Crippen molar-refractivity contribution in [2.75, 3.05) is 0 Å². The molecule has 0 spiro atoms. The fraction of sp³-hybridized carbons (Fsp3) is 0.357. The molecule has 0 saturated heterocycles. The molecule has 5 heteroatoms. The molecule has 1 aromatic rings. The topological polar surface area (TPSA) is 63.7 Å². The fourth-order valence-corrected chi connectivity index (χ4v) is 2.00. The second kappa shape index (κ2) is 4.84. The summed E-state index contributed by atoms with van der Waals surface area (Å²) in [6, 6.07) is 5.61. The second-order valence-corrected chi connectivity index (χ2v) is 4.69. The highest BCUT2D eigenvalue weighted by atomic mass is 16.5. The van der Waals surface area contributed by atoms with Crippen LogP contribution in [0.4, 0.5) is 0 Å².